The van der Waals surface area contributed by atoms with Gasteiger partial charge in [-0.3, -0.25) is 13.9 Å². The number of ether oxygens (including phenoxy) is 1. The molecule has 0 spiro atoms. The first-order valence-corrected chi connectivity index (χ1v) is 14.4. The van der Waals surface area contributed by atoms with E-state index in [1.54, 1.807) is 36.1 Å². The van der Waals surface area contributed by atoms with E-state index in [0.717, 1.165) is 17.4 Å². The summed E-state index contributed by atoms with van der Waals surface area (Å²) in [6.07, 6.45) is 1.55. The fourth-order valence-corrected chi connectivity index (χ4v) is 4.87. The average molecular weight is 532 g/mol. The molecule has 0 aliphatic heterocycles. The van der Waals surface area contributed by atoms with Crippen molar-refractivity contribution in [3.8, 4) is 5.75 Å². The number of hydrogen-bond donors (Lipinski definition) is 1. The first kappa shape index (κ1) is 30.2. The molecule has 2 amide bonds. The molecular weight excluding hydrogens is 490 g/mol. The highest BCUT2D eigenvalue weighted by Gasteiger charge is 2.29. The Labute approximate surface area is 222 Å². The van der Waals surface area contributed by atoms with Crippen LogP contribution in [-0.2, 0) is 26.2 Å². The van der Waals surface area contributed by atoms with Gasteiger partial charge in [-0.2, -0.15) is 0 Å². The van der Waals surface area contributed by atoms with E-state index in [1.807, 2.05) is 58.9 Å². The molecule has 2 aromatic carbocycles. The maximum atomic E-state index is 13.4. The molecule has 0 heterocycles. The summed E-state index contributed by atoms with van der Waals surface area (Å²) >= 11 is 0. The quantitative estimate of drug-likeness (QED) is 0.441. The van der Waals surface area contributed by atoms with E-state index < -0.39 is 21.6 Å². The van der Waals surface area contributed by atoms with Gasteiger partial charge >= 0.3 is 0 Å². The summed E-state index contributed by atoms with van der Waals surface area (Å²) in [6.45, 7) is 12.2. The summed E-state index contributed by atoms with van der Waals surface area (Å²) in [5, 5.41) is 2.95. The van der Waals surface area contributed by atoms with Gasteiger partial charge in [0.1, 0.15) is 11.8 Å². The third kappa shape index (κ3) is 9.39. The minimum Gasteiger partial charge on any atom is -0.494 e. The number of carbonyl (C=O) groups excluding carboxylic acids is 2. The summed E-state index contributed by atoms with van der Waals surface area (Å²) < 4.78 is 31.7. The molecule has 0 saturated carbocycles. The van der Waals surface area contributed by atoms with E-state index in [9.17, 15) is 18.0 Å². The minimum absolute atomic E-state index is 0.0993. The normalized spacial score (nSPS) is 12.5. The maximum Gasteiger partial charge on any atom is 0.242 e. The van der Waals surface area contributed by atoms with Gasteiger partial charge in [-0.25, -0.2) is 8.42 Å². The number of hydrogen-bond acceptors (Lipinski definition) is 5. The van der Waals surface area contributed by atoms with Gasteiger partial charge in [0.15, 0.2) is 0 Å². The van der Waals surface area contributed by atoms with E-state index in [2.05, 4.69) is 5.32 Å². The van der Waals surface area contributed by atoms with Crippen molar-refractivity contribution >= 4 is 27.5 Å². The molecule has 0 fully saturated rings. The van der Waals surface area contributed by atoms with E-state index in [0.29, 0.717) is 31.0 Å². The summed E-state index contributed by atoms with van der Waals surface area (Å²) in [5.41, 5.74) is 2.06. The van der Waals surface area contributed by atoms with Gasteiger partial charge in [0, 0.05) is 25.0 Å². The number of sulfonamides is 1. The van der Waals surface area contributed by atoms with E-state index in [1.165, 1.54) is 4.31 Å². The molecule has 0 radical (unpaired) electrons. The highest BCUT2D eigenvalue weighted by molar-refractivity contribution is 7.92. The van der Waals surface area contributed by atoms with Crippen LogP contribution in [0.5, 0.6) is 5.75 Å². The van der Waals surface area contributed by atoms with Crippen LogP contribution in [0.25, 0.3) is 0 Å². The molecular formula is C28H41N3O5S. The van der Waals surface area contributed by atoms with Gasteiger partial charge in [-0.05, 0) is 83.4 Å². The van der Waals surface area contributed by atoms with Crippen molar-refractivity contribution in [2.45, 2.75) is 72.5 Å². The molecule has 37 heavy (non-hydrogen) atoms. The first-order valence-electron chi connectivity index (χ1n) is 12.6. The lowest BCUT2D eigenvalue weighted by Crippen LogP contribution is -2.52. The van der Waals surface area contributed by atoms with Gasteiger partial charge in [-0.1, -0.05) is 24.3 Å². The Morgan fingerprint density at radius 1 is 1.05 bits per heavy atom. The van der Waals surface area contributed by atoms with Crippen LogP contribution >= 0.6 is 0 Å². The van der Waals surface area contributed by atoms with Gasteiger partial charge in [0.25, 0.3) is 0 Å². The Kier molecular flexibility index (Phi) is 10.5. The Bertz CT molecular complexity index is 1160. The van der Waals surface area contributed by atoms with Crippen LogP contribution in [0.1, 0.15) is 58.6 Å². The molecule has 8 nitrogen and oxygen atoms in total. The summed E-state index contributed by atoms with van der Waals surface area (Å²) in [4.78, 5) is 27.9. The van der Waals surface area contributed by atoms with Crippen LogP contribution in [-0.4, -0.2) is 56.1 Å². The molecule has 0 unspecified atom stereocenters. The minimum atomic E-state index is -3.56. The van der Waals surface area contributed by atoms with Crippen LogP contribution in [0.4, 0.5) is 5.69 Å². The van der Waals surface area contributed by atoms with Crippen molar-refractivity contribution in [1.29, 1.82) is 0 Å². The molecule has 2 aromatic rings. The van der Waals surface area contributed by atoms with Gasteiger partial charge in [0.2, 0.25) is 21.8 Å². The van der Waals surface area contributed by atoms with Crippen molar-refractivity contribution in [1.82, 2.24) is 10.2 Å². The van der Waals surface area contributed by atoms with Crippen molar-refractivity contribution in [2.24, 2.45) is 0 Å². The lowest BCUT2D eigenvalue weighted by atomic mass is 10.1. The zero-order valence-corrected chi connectivity index (χ0v) is 23.9. The lowest BCUT2D eigenvalue weighted by Gasteiger charge is -2.32. The van der Waals surface area contributed by atoms with Crippen LogP contribution in [0.15, 0.2) is 48.5 Å². The summed E-state index contributed by atoms with van der Waals surface area (Å²) in [7, 11) is -3.56. The molecule has 1 N–H and O–H groups in total. The second-order valence-electron chi connectivity index (χ2n) is 10.2. The highest BCUT2D eigenvalue weighted by Crippen LogP contribution is 2.23. The van der Waals surface area contributed by atoms with Crippen molar-refractivity contribution in [3.63, 3.8) is 0 Å². The lowest BCUT2D eigenvalue weighted by molar-refractivity contribution is -0.141. The molecule has 2 rings (SSSR count). The third-order valence-corrected chi connectivity index (χ3v) is 7.05. The summed E-state index contributed by atoms with van der Waals surface area (Å²) in [5.74, 6) is 0.214. The Morgan fingerprint density at radius 3 is 2.22 bits per heavy atom. The Hall–Kier alpha value is -3.07. The third-order valence-electron chi connectivity index (χ3n) is 5.86. The second kappa shape index (κ2) is 12.9. The van der Waals surface area contributed by atoms with E-state index in [4.69, 9.17) is 4.74 Å². The Morgan fingerprint density at radius 2 is 1.68 bits per heavy atom. The fourth-order valence-electron chi connectivity index (χ4n) is 3.91. The standard InChI is InChI=1S/C28H41N3O5S/c1-8-36-25-17-15-24(16-18-25)31(37(7,34)35)19-11-14-26(32)30(20-23-13-10-9-12-21(23)2)22(3)27(33)29-28(4,5)6/h9-10,12-13,15-18,22H,8,11,14,19-20H2,1-7H3,(H,29,33)/t22-/m1/s1. The van der Waals surface area contributed by atoms with Gasteiger partial charge in [-0.15, -0.1) is 0 Å². The van der Waals surface area contributed by atoms with Gasteiger partial charge < -0.3 is 15.0 Å². The number of anilines is 1. The number of aryl methyl sites for hydroxylation is 1. The van der Waals surface area contributed by atoms with Crippen molar-refractivity contribution < 1.29 is 22.7 Å². The monoisotopic (exact) mass is 531 g/mol. The number of carbonyl (C=O) groups is 2. The number of nitrogens with zero attached hydrogens (tertiary/aromatic N) is 2. The average Bonchev–Trinajstić information content (AvgIpc) is 2.80. The van der Waals surface area contributed by atoms with Gasteiger partial charge in [0.05, 0.1) is 18.6 Å². The molecule has 0 aromatic heterocycles. The number of nitrogens with one attached hydrogen (secondary N) is 1. The van der Waals surface area contributed by atoms with E-state index in [-0.39, 0.29) is 24.8 Å². The number of benzene rings is 2. The zero-order valence-electron chi connectivity index (χ0n) is 23.1. The predicted molar refractivity (Wildman–Crippen MR) is 148 cm³/mol. The second-order valence-corrected chi connectivity index (χ2v) is 12.1. The van der Waals surface area contributed by atoms with Crippen LogP contribution < -0.4 is 14.4 Å². The molecule has 0 aliphatic carbocycles. The van der Waals surface area contributed by atoms with Crippen molar-refractivity contribution in [3.05, 3.63) is 59.7 Å². The first-order chi connectivity index (χ1) is 17.2. The maximum absolute atomic E-state index is 13.4. The molecule has 9 heteroatoms. The smallest absolute Gasteiger partial charge is 0.242 e. The molecule has 0 bridgehead atoms. The topological polar surface area (TPSA) is 96.0 Å². The SMILES string of the molecule is CCOc1ccc(N(CCCC(=O)N(Cc2ccccc2C)[C@H](C)C(=O)NC(C)(C)C)S(C)(=O)=O)cc1. The van der Waals surface area contributed by atoms with Crippen LogP contribution in [0.2, 0.25) is 0 Å². The molecule has 204 valence electrons. The van der Waals surface area contributed by atoms with E-state index >= 15 is 0 Å². The number of rotatable bonds is 12. The molecule has 0 saturated heterocycles. The van der Waals surface area contributed by atoms with Crippen LogP contribution in [0.3, 0.4) is 0 Å². The Balaban J connectivity index is 2.19. The largest absolute Gasteiger partial charge is 0.494 e. The summed E-state index contributed by atoms with van der Waals surface area (Å²) in [6, 6.07) is 13.9. The molecule has 0 aliphatic rings. The molecule has 1 atom stereocenters. The zero-order chi connectivity index (χ0) is 27.8. The number of amides is 2. The highest BCUT2D eigenvalue weighted by atomic mass is 32.2. The van der Waals surface area contributed by atoms with Crippen LogP contribution in [0, 0.1) is 6.92 Å². The van der Waals surface area contributed by atoms with Crippen molar-refractivity contribution in [2.75, 3.05) is 23.7 Å². The fraction of sp³-hybridized carbons (Fsp3) is 0.500. The predicted octanol–water partition coefficient (Wildman–Crippen LogP) is 4.27.